The zero-order chi connectivity index (χ0) is 12.1. The second kappa shape index (κ2) is 5.92. The van der Waals surface area contributed by atoms with Crippen molar-refractivity contribution in [2.24, 2.45) is 0 Å². The first-order valence-electron chi connectivity index (χ1n) is 5.16. The van der Waals surface area contributed by atoms with E-state index < -0.39 is 0 Å². The summed E-state index contributed by atoms with van der Waals surface area (Å²) in [5, 5.41) is 3.10. The molecule has 0 aliphatic rings. The van der Waals surface area contributed by atoms with Crippen LogP contribution < -0.4 is 10.1 Å². The summed E-state index contributed by atoms with van der Waals surface area (Å²) in [7, 11) is 1.92. The Balaban J connectivity index is 2.11. The minimum atomic E-state index is 0.585. The maximum atomic E-state index is 5.66. The highest BCUT2D eigenvalue weighted by molar-refractivity contribution is 14.1. The van der Waals surface area contributed by atoms with E-state index in [-0.39, 0.29) is 0 Å². The molecule has 0 bridgehead atoms. The van der Waals surface area contributed by atoms with Crippen LogP contribution in [0, 0.1) is 3.57 Å². The molecule has 0 amide bonds. The first-order valence-corrected chi connectivity index (χ1v) is 6.24. The summed E-state index contributed by atoms with van der Waals surface area (Å²) in [4.78, 5) is 8.00. The fourth-order valence-electron chi connectivity index (χ4n) is 1.37. The van der Waals surface area contributed by atoms with Crippen LogP contribution in [0.25, 0.3) is 0 Å². The molecule has 88 valence electrons. The van der Waals surface area contributed by atoms with Gasteiger partial charge in [-0.05, 0) is 47.3 Å². The van der Waals surface area contributed by atoms with Crippen molar-refractivity contribution in [3.63, 3.8) is 0 Å². The molecule has 2 aromatic rings. The first-order chi connectivity index (χ1) is 8.29. The molecule has 0 fully saturated rings. The lowest BCUT2D eigenvalue weighted by molar-refractivity contribution is 0.457. The molecule has 1 heterocycles. The third kappa shape index (κ3) is 3.37. The van der Waals surface area contributed by atoms with Gasteiger partial charge < -0.3 is 10.1 Å². The predicted octanol–water partition coefficient (Wildman–Crippen LogP) is 2.59. The van der Waals surface area contributed by atoms with Gasteiger partial charge in [0.15, 0.2) is 0 Å². The summed E-state index contributed by atoms with van der Waals surface area (Å²) < 4.78 is 6.56. The van der Waals surface area contributed by atoms with E-state index in [2.05, 4.69) is 37.9 Å². The predicted molar refractivity (Wildman–Crippen MR) is 74.0 cm³/mol. The molecule has 1 aromatic heterocycles. The Bertz CT molecular complexity index is 487. The summed E-state index contributed by atoms with van der Waals surface area (Å²) in [6, 6.07) is 7.93. The van der Waals surface area contributed by atoms with E-state index in [9.17, 15) is 0 Å². The number of benzene rings is 1. The van der Waals surface area contributed by atoms with Gasteiger partial charge in [-0.1, -0.05) is 12.1 Å². The van der Waals surface area contributed by atoms with Gasteiger partial charge in [-0.25, -0.2) is 9.97 Å². The molecule has 0 atom stereocenters. The van der Waals surface area contributed by atoms with Crippen LogP contribution in [0.5, 0.6) is 11.6 Å². The number of nitrogens with one attached hydrogen (secondary N) is 1. The fourth-order valence-corrected chi connectivity index (χ4v) is 1.78. The molecule has 0 aliphatic heterocycles. The van der Waals surface area contributed by atoms with Crippen LogP contribution in [0.4, 0.5) is 0 Å². The molecule has 1 aromatic carbocycles. The SMILES string of the molecule is CNCc1ccc(Oc2ncncc2I)cc1. The van der Waals surface area contributed by atoms with Gasteiger partial charge in [0, 0.05) is 12.7 Å². The zero-order valence-electron chi connectivity index (χ0n) is 9.35. The first kappa shape index (κ1) is 12.3. The van der Waals surface area contributed by atoms with Crippen molar-refractivity contribution in [3.8, 4) is 11.6 Å². The van der Waals surface area contributed by atoms with Crippen molar-refractivity contribution in [3.05, 3.63) is 45.9 Å². The van der Waals surface area contributed by atoms with E-state index in [0.29, 0.717) is 5.88 Å². The molecule has 0 saturated carbocycles. The molecule has 1 N–H and O–H groups in total. The summed E-state index contributed by atoms with van der Waals surface area (Å²) in [5.41, 5.74) is 1.22. The average molecular weight is 341 g/mol. The molecule has 17 heavy (non-hydrogen) atoms. The van der Waals surface area contributed by atoms with Gasteiger partial charge in [-0.2, -0.15) is 0 Å². The second-order valence-corrected chi connectivity index (χ2v) is 4.61. The van der Waals surface area contributed by atoms with Gasteiger partial charge in [0.25, 0.3) is 0 Å². The number of rotatable bonds is 4. The third-order valence-electron chi connectivity index (χ3n) is 2.15. The lowest BCUT2D eigenvalue weighted by Crippen LogP contribution is -2.04. The van der Waals surface area contributed by atoms with Gasteiger partial charge in [0.2, 0.25) is 5.88 Å². The van der Waals surface area contributed by atoms with Crippen molar-refractivity contribution in [1.82, 2.24) is 15.3 Å². The van der Waals surface area contributed by atoms with E-state index in [0.717, 1.165) is 15.9 Å². The van der Waals surface area contributed by atoms with Gasteiger partial charge in [-0.3, -0.25) is 0 Å². The van der Waals surface area contributed by atoms with Crippen molar-refractivity contribution < 1.29 is 4.74 Å². The Morgan fingerprint density at radius 3 is 2.71 bits per heavy atom. The highest BCUT2D eigenvalue weighted by Crippen LogP contribution is 2.23. The van der Waals surface area contributed by atoms with Crippen LogP contribution in [-0.2, 0) is 6.54 Å². The molecule has 2 rings (SSSR count). The van der Waals surface area contributed by atoms with Gasteiger partial charge >= 0.3 is 0 Å². The highest BCUT2D eigenvalue weighted by atomic mass is 127. The zero-order valence-corrected chi connectivity index (χ0v) is 11.5. The molecular weight excluding hydrogens is 329 g/mol. The minimum absolute atomic E-state index is 0.585. The lowest BCUT2D eigenvalue weighted by Gasteiger charge is -2.06. The van der Waals surface area contributed by atoms with Crippen LogP contribution in [0.3, 0.4) is 0 Å². The molecule has 5 heteroatoms. The number of nitrogens with zero attached hydrogens (tertiary/aromatic N) is 2. The van der Waals surface area contributed by atoms with Crippen LogP contribution in [0.15, 0.2) is 36.8 Å². The maximum Gasteiger partial charge on any atom is 0.235 e. The topological polar surface area (TPSA) is 47.0 Å². The van der Waals surface area contributed by atoms with Crippen LogP contribution >= 0.6 is 22.6 Å². The van der Waals surface area contributed by atoms with Crippen molar-refractivity contribution >= 4 is 22.6 Å². The van der Waals surface area contributed by atoms with E-state index in [1.54, 1.807) is 6.20 Å². The van der Waals surface area contributed by atoms with Crippen LogP contribution in [0.2, 0.25) is 0 Å². The summed E-state index contributed by atoms with van der Waals surface area (Å²) >= 11 is 2.15. The van der Waals surface area contributed by atoms with Crippen LogP contribution in [-0.4, -0.2) is 17.0 Å². The molecule has 0 saturated heterocycles. The fraction of sp³-hybridized carbons (Fsp3) is 0.167. The lowest BCUT2D eigenvalue weighted by atomic mass is 10.2. The number of hydrogen-bond acceptors (Lipinski definition) is 4. The molecule has 0 unspecified atom stereocenters. The molecule has 4 nitrogen and oxygen atoms in total. The number of aromatic nitrogens is 2. The third-order valence-corrected chi connectivity index (χ3v) is 2.89. The largest absolute Gasteiger partial charge is 0.438 e. The Hall–Kier alpha value is -1.21. The van der Waals surface area contributed by atoms with E-state index >= 15 is 0 Å². The average Bonchev–Trinajstić information content (AvgIpc) is 2.35. The standard InChI is InChI=1S/C12H12IN3O/c1-14-6-9-2-4-10(5-3-9)17-12-11(13)7-15-8-16-12/h2-5,7-8,14H,6H2,1H3. The number of ether oxygens (including phenoxy) is 1. The van der Waals surface area contributed by atoms with Crippen molar-refractivity contribution in [2.75, 3.05) is 7.05 Å². The van der Waals surface area contributed by atoms with E-state index in [4.69, 9.17) is 4.74 Å². The molecule has 0 spiro atoms. The summed E-state index contributed by atoms with van der Waals surface area (Å²) in [6.45, 7) is 0.853. The quantitative estimate of drug-likeness (QED) is 0.869. The summed E-state index contributed by atoms with van der Waals surface area (Å²) in [5.74, 6) is 1.36. The van der Waals surface area contributed by atoms with Gasteiger partial charge in [0.1, 0.15) is 12.1 Å². The minimum Gasteiger partial charge on any atom is -0.438 e. The monoisotopic (exact) mass is 341 g/mol. The van der Waals surface area contributed by atoms with E-state index in [1.807, 2.05) is 31.3 Å². The van der Waals surface area contributed by atoms with Gasteiger partial charge in [-0.15, -0.1) is 0 Å². The van der Waals surface area contributed by atoms with Crippen molar-refractivity contribution in [2.45, 2.75) is 6.54 Å². The molecule has 0 aliphatic carbocycles. The molecule has 0 radical (unpaired) electrons. The Morgan fingerprint density at radius 1 is 1.29 bits per heavy atom. The molecular formula is C12H12IN3O. The summed E-state index contributed by atoms with van der Waals surface area (Å²) in [6.07, 6.45) is 3.20. The Labute approximate surface area is 114 Å². The normalized spacial score (nSPS) is 10.2. The van der Waals surface area contributed by atoms with Gasteiger partial charge in [0.05, 0.1) is 3.57 Å². The van der Waals surface area contributed by atoms with E-state index in [1.165, 1.54) is 11.9 Å². The Kier molecular flexibility index (Phi) is 4.27. The Morgan fingerprint density at radius 2 is 2.06 bits per heavy atom. The smallest absolute Gasteiger partial charge is 0.235 e. The maximum absolute atomic E-state index is 5.66. The second-order valence-electron chi connectivity index (χ2n) is 3.45. The number of hydrogen-bond donors (Lipinski definition) is 1. The van der Waals surface area contributed by atoms with Crippen LogP contribution in [0.1, 0.15) is 5.56 Å². The highest BCUT2D eigenvalue weighted by Gasteiger charge is 2.03. The van der Waals surface area contributed by atoms with Crippen molar-refractivity contribution in [1.29, 1.82) is 0 Å². The number of halogens is 1.